The van der Waals surface area contributed by atoms with E-state index in [-0.39, 0.29) is 0 Å². The highest BCUT2D eigenvalue weighted by atomic mass is 14.6. The van der Waals surface area contributed by atoms with Crippen LogP contribution in [-0.2, 0) is 6.42 Å². The number of nitrogens with zero attached hydrogens (tertiary/aromatic N) is 1. The van der Waals surface area contributed by atoms with Crippen molar-refractivity contribution in [2.75, 3.05) is 0 Å². The highest BCUT2D eigenvalue weighted by Gasteiger charge is 2.53. The zero-order valence-corrected chi connectivity index (χ0v) is 9.71. The summed E-state index contributed by atoms with van der Waals surface area (Å²) in [5, 5.41) is 0. The summed E-state index contributed by atoms with van der Waals surface area (Å²) in [6.07, 6.45) is 6.46. The van der Waals surface area contributed by atoms with Crippen molar-refractivity contribution >= 4 is 0 Å². The summed E-state index contributed by atoms with van der Waals surface area (Å²) in [5.74, 6) is 2.41. The van der Waals surface area contributed by atoms with Gasteiger partial charge < -0.3 is 0 Å². The lowest BCUT2D eigenvalue weighted by molar-refractivity contribution is 0.659. The number of aromatic nitrogens is 1. The molecule has 1 unspecified atom stereocenters. The summed E-state index contributed by atoms with van der Waals surface area (Å²) in [6, 6.07) is 13.4. The maximum absolute atomic E-state index is 4.12. The molecule has 0 aliphatic heterocycles. The molecule has 1 saturated carbocycles. The molecule has 0 radical (unpaired) electrons. The topological polar surface area (TPSA) is 12.9 Å². The summed E-state index contributed by atoms with van der Waals surface area (Å²) < 4.78 is 0. The summed E-state index contributed by atoms with van der Waals surface area (Å²) in [5.41, 5.74) is 4.66. The Morgan fingerprint density at radius 2 is 1.76 bits per heavy atom. The standard InChI is InChI=1S/C16H15N/c1-2-4-13-11(3-1)5-6-14-15(16(13)14)12-7-9-17-10-8-12/h1-4,7-10,14-16H,5-6H2/t14-,15?,16-/m1/s1. The van der Waals surface area contributed by atoms with Crippen molar-refractivity contribution in [2.45, 2.75) is 24.7 Å². The molecule has 0 amide bonds. The van der Waals surface area contributed by atoms with Crippen LogP contribution in [0, 0.1) is 5.92 Å². The third kappa shape index (κ3) is 1.35. The molecule has 0 bridgehead atoms. The predicted molar refractivity (Wildman–Crippen MR) is 68.0 cm³/mol. The van der Waals surface area contributed by atoms with Crippen LogP contribution in [0.3, 0.4) is 0 Å². The Morgan fingerprint density at radius 3 is 2.65 bits per heavy atom. The number of hydrogen-bond acceptors (Lipinski definition) is 1. The highest BCUT2D eigenvalue weighted by Crippen LogP contribution is 2.64. The lowest BCUT2D eigenvalue weighted by Gasteiger charge is -2.13. The van der Waals surface area contributed by atoms with Crippen molar-refractivity contribution in [2.24, 2.45) is 5.92 Å². The molecule has 1 aromatic heterocycles. The van der Waals surface area contributed by atoms with Crippen LogP contribution in [0.4, 0.5) is 0 Å². The van der Waals surface area contributed by atoms with Gasteiger partial charge in [0.2, 0.25) is 0 Å². The van der Waals surface area contributed by atoms with Gasteiger partial charge in [-0.25, -0.2) is 0 Å². The second-order valence-corrected chi connectivity index (χ2v) is 5.23. The van der Waals surface area contributed by atoms with E-state index in [1.807, 2.05) is 12.4 Å². The van der Waals surface area contributed by atoms with Crippen LogP contribution >= 0.6 is 0 Å². The Balaban J connectivity index is 1.73. The van der Waals surface area contributed by atoms with Crippen molar-refractivity contribution in [3.05, 3.63) is 65.5 Å². The van der Waals surface area contributed by atoms with Crippen LogP contribution in [0.2, 0.25) is 0 Å². The largest absolute Gasteiger partial charge is 0.265 e. The van der Waals surface area contributed by atoms with Gasteiger partial charge in [-0.15, -0.1) is 0 Å². The molecular formula is C16H15N. The van der Waals surface area contributed by atoms with Crippen molar-refractivity contribution in [1.29, 1.82) is 0 Å². The van der Waals surface area contributed by atoms with Crippen LogP contribution in [0.5, 0.6) is 0 Å². The number of fused-ring (bicyclic) bond motifs is 3. The highest BCUT2D eigenvalue weighted by molar-refractivity contribution is 5.45. The molecule has 1 nitrogen and oxygen atoms in total. The van der Waals surface area contributed by atoms with Crippen molar-refractivity contribution in [1.82, 2.24) is 4.98 Å². The molecule has 0 N–H and O–H groups in total. The molecule has 1 heteroatoms. The fraction of sp³-hybridized carbons (Fsp3) is 0.312. The van der Waals surface area contributed by atoms with Crippen LogP contribution in [0.25, 0.3) is 0 Å². The Hall–Kier alpha value is -1.63. The minimum Gasteiger partial charge on any atom is -0.265 e. The zero-order chi connectivity index (χ0) is 11.2. The van der Waals surface area contributed by atoms with Gasteiger partial charge in [-0.2, -0.15) is 0 Å². The molecule has 1 aromatic carbocycles. The number of pyridine rings is 1. The first-order valence-electron chi connectivity index (χ1n) is 6.43. The minimum atomic E-state index is 0.752. The number of rotatable bonds is 1. The smallest absolute Gasteiger partial charge is 0.0270 e. The van der Waals surface area contributed by atoms with Gasteiger partial charge in [-0.05, 0) is 59.4 Å². The third-order valence-corrected chi connectivity index (χ3v) is 4.42. The normalized spacial score (nSPS) is 29.3. The first kappa shape index (κ1) is 9.41. The van der Waals surface area contributed by atoms with Gasteiger partial charge in [0.25, 0.3) is 0 Å². The molecule has 0 spiro atoms. The van der Waals surface area contributed by atoms with Crippen molar-refractivity contribution in [3.63, 3.8) is 0 Å². The first-order chi connectivity index (χ1) is 8.45. The Labute approximate surface area is 102 Å². The minimum absolute atomic E-state index is 0.752. The first-order valence-corrected chi connectivity index (χ1v) is 6.43. The molecule has 2 aliphatic rings. The Bertz CT molecular complexity index is 546. The molecule has 84 valence electrons. The van der Waals surface area contributed by atoms with Crippen molar-refractivity contribution in [3.8, 4) is 0 Å². The fourth-order valence-electron chi connectivity index (χ4n) is 3.61. The van der Waals surface area contributed by atoms with E-state index < -0.39 is 0 Å². The summed E-state index contributed by atoms with van der Waals surface area (Å²) in [7, 11) is 0. The second kappa shape index (κ2) is 3.43. The van der Waals surface area contributed by atoms with E-state index in [9.17, 15) is 0 Å². The predicted octanol–water partition coefficient (Wildman–Crippen LogP) is 3.53. The van der Waals surface area contributed by atoms with E-state index in [0.717, 1.165) is 17.8 Å². The average Bonchev–Trinajstić information content (AvgIpc) is 3.14. The fourth-order valence-corrected chi connectivity index (χ4v) is 3.61. The van der Waals surface area contributed by atoms with Gasteiger partial charge in [0.05, 0.1) is 0 Å². The van der Waals surface area contributed by atoms with Crippen molar-refractivity contribution < 1.29 is 0 Å². The van der Waals surface area contributed by atoms with Gasteiger partial charge in [0.15, 0.2) is 0 Å². The number of hydrogen-bond donors (Lipinski definition) is 0. The number of benzene rings is 1. The van der Waals surface area contributed by atoms with Gasteiger partial charge >= 0.3 is 0 Å². The Morgan fingerprint density at radius 1 is 0.941 bits per heavy atom. The molecule has 17 heavy (non-hydrogen) atoms. The van der Waals surface area contributed by atoms with Gasteiger partial charge in [0.1, 0.15) is 0 Å². The summed E-state index contributed by atoms with van der Waals surface area (Å²) in [4.78, 5) is 4.12. The molecular weight excluding hydrogens is 206 g/mol. The van der Waals surface area contributed by atoms with Gasteiger partial charge in [-0.1, -0.05) is 24.3 Å². The SMILES string of the molecule is c1ccc2c(c1)CC[C@@H]1C(c3ccncc3)[C@H]21. The van der Waals surface area contributed by atoms with Crippen LogP contribution < -0.4 is 0 Å². The van der Waals surface area contributed by atoms with Crippen LogP contribution in [0.1, 0.15) is 34.9 Å². The quantitative estimate of drug-likeness (QED) is 0.718. The van der Waals surface area contributed by atoms with E-state index in [0.29, 0.717) is 0 Å². The lowest BCUT2D eigenvalue weighted by Crippen LogP contribution is -2.00. The van der Waals surface area contributed by atoms with Gasteiger partial charge in [-0.3, -0.25) is 4.98 Å². The van der Waals surface area contributed by atoms with E-state index in [1.165, 1.54) is 18.4 Å². The average molecular weight is 221 g/mol. The molecule has 2 aliphatic carbocycles. The second-order valence-electron chi connectivity index (χ2n) is 5.23. The maximum Gasteiger partial charge on any atom is 0.0270 e. The Kier molecular flexibility index (Phi) is 1.90. The summed E-state index contributed by atoms with van der Waals surface area (Å²) in [6.45, 7) is 0. The lowest BCUT2D eigenvalue weighted by atomic mass is 9.92. The molecule has 1 heterocycles. The van der Waals surface area contributed by atoms with Crippen LogP contribution in [0.15, 0.2) is 48.8 Å². The molecule has 3 atom stereocenters. The molecule has 0 saturated heterocycles. The monoisotopic (exact) mass is 221 g/mol. The maximum atomic E-state index is 4.12. The molecule has 1 fully saturated rings. The van der Waals surface area contributed by atoms with E-state index >= 15 is 0 Å². The third-order valence-electron chi connectivity index (χ3n) is 4.42. The zero-order valence-electron chi connectivity index (χ0n) is 9.71. The van der Waals surface area contributed by atoms with Gasteiger partial charge in [0, 0.05) is 12.4 Å². The molecule has 4 rings (SSSR count). The van der Waals surface area contributed by atoms with E-state index in [2.05, 4.69) is 41.4 Å². The number of aryl methyl sites for hydroxylation is 1. The molecule has 2 aromatic rings. The van der Waals surface area contributed by atoms with E-state index in [1.54, 1.807) is 11.1 Å². The van der Waals surface area contributed by atoms with Crippen LogP contribution in [-0.4, -0.2) is 4.98 Å². The van der Waals surface area contributed by atoms with E-state index in [4.69, 9.17) is 0 Å². The summed E-state index contributed by atoms with van der Waals surface area (Å²) >= 11 is 0.